The molecule has 0 aliphatic carbocycles. The molecule has 0 aliphatic rings. The van der Waals surface area contributed by atoms with Crippen LogP contribution in [0.1, 0.15) is 21.6 Å². The zero-order valence-electron chi connectivity index (χ0n) is 14.0. The van der Waals surface area contributed by atoms with Gasteiger partial charge in [-0.25, -0.2) is 0 Å². The molecule has 1 heterocycles. The molecule has 27 heavy (non-hydrogen) atoms. The molecule has 138 valence electrons. The molecule has 0 bridgehead atoms. The Morgan fingerprint density at radius 1 is 0.889 bits per heavy atom. The molecule has 8 heteroatoms. The number of hydrogen-bond acceptors (Lipinski definition) is 4. The summed E-state index contributed by atoms with van der Waals surface area (Å²) in [7, 11) is 0. The van der Waals surface area contributed by atoms with Gasteiger partial charge < -0.3 is 10.6 Å². The summed E-state index contributed by atoms with van der Waals surface area (Å²) in [5, 5.41) is 12.9. The largest absolute Gasteiger partial charge is 0.418 e. The number of nitrogens with zero attached hydrogens (tertiary/aromatic N) is 2. The maximum absolute atomic E-state index is 13.0. The summed E-state index contributed by atoms with van der Waals surface area (Å²) >= 11 is 0. The van der Waals surface area contributed by atoms with Gasteiger partial charge in [-0.2, -0.15) is 13.2 Å². The molecule has 0 saturated carbocycles. The third kappa shape index (κ3) is 4.81. The molecular formula is C19H15F3N4O. The number of nitrogens with one attached hydrogen (secondary N) is 2. The highest BCUT2D eigenvalue weighted by Gasteiger charge is 2.33. The van der Waals surface area contributed by atoms with Crippen molar-refractivity contribution in [2.24, 2.45) is 0 Å². The van der Waals surface area contributed by atoms with Gasteiger partial charge in [-0.15, -0.1) is 10.2 Å². The Morgan fingerprint density at radius 2 is 1.59 bits per heavy atom. The molecule has 0 saturated heterocycles. The Labute approximate surface area is 153 Å². The average Bonchev–Trinajstić information content (AvgIpc) is 2.67. The Bertz CT molecular complexity index is 912. The van der Waals surface area contributed by atoms with Gasteiger partial charge in [-0.3, -0.25) is 4.79 Å². The van der Waals surface area contributed by atoms with Crippen molar-refractivity contribution in [1.29, 1.82) is 0 Å². The highest BCUT2D eigenvalue weighted by molar-refractivity contribution is 6.03. The van der Waals surface area contributed by atoms with Crippen molar-refractivity contribution >= 4 is 17.4 Å². The second kappa shape index (κ2) is 7.86. The zero-order valence-corrected chi connectivity index (χ0v) is 14.0. The Balaban J connectivity index is 1.66. The molecule has 0 aliphatic heterocycles. The number of rotatable bonds is 5. The number of halogens is 3. The second-order valence-corrected chi connectivity index (χ2v) is 5.64. The van der Waals surface area contributed by atoms with Gasteiger partial charge in [0.15, 0.2) is 5.69 Å². The summed E-state index contributed by atoms with van der Waals surface area (Å²) < 4.78 is 39.0. The molecular weight excluding hydrogens is 357 g/mol. The van der Waals surface area contributed by atoms with Crippen molar-refractivity contribution in [1.82, 2.24) is 10.2 Å². The maximum Gasteiger partial charge on any atom is 0.418 e. The first-order chi connectivity index (χ1) is 12.9. The van der Waals surface area contributed by atoms with Crippen molar-refractivity contribution in [2.45, 2.75) is 12.7 Å². The van der Waals surface area contributed by atoms with E-state index in [0.717, 1.165) is 11.6 Å². The van der Waals surface area contributed by atoms with Gasteiger partial charge in [0, 0.05) is 6.54 Å². The molecule has 1 aromatic heterocycles. The van der Waals surface area contributed by atoms with Gasteiger partial charge >= 0.3 is 6.18 Å². The van der Waals surface area contributed by atoms with Gasteiger partial charge in [0.25, 0.3) is 5.91 Å². The normalized spacial score (nSPS) is 11.1. The number of aromatic nitrogens is 2. The van der Waals surface area contributed by atoms with E-state index in [4.69, 9.17) is 0 Å². The third-order valence-electron chi connectivity index (χ3n) is 3.69. The standard InChI is InChI=1S/C19H15F3N4O/c20-19(21,22)14-8-4-5-9-15(14)24-18(27)16-10-11-17(26-25-16)23-12-13-6-2-1-3-7-13/h1-11H,12H2,(H,23,26)(H,24,27). The number of hydrogen-bond donors (Lipinski definition) is 2. The summed E-state index contributed by atoms with van der Waals surface area (Å²) in [4.78, 5) is 12.2. The third-order valence-corrected chi connectivity index (χ3v) is 3.69. The summed E-state index contributed by atoms with van der Waals surface area (Å²) in [5.41, 5.74) is -0.294. The van der Waals surface area contributed by atoms with E-state index < -0.39 is 17.6 Å². The van der Waals surface area contributed by atoms with E-state index in [0.29, 0.717) is 12.4 Å². The zero-order chi connectivity index (χ0) is 19.3. The van der Waals surface area contributed by atoms with Crippen molar-refractivity contribution in [3.63, 3.8) is 0 Å². The first-order valence-electron chi connectivity index (χ1n) is 8.02. The van der Waals surface area contributed by atoms with E-state index in [9.17, 15) is 18.0 Å². The average molecular weight is 372 g/mol. The van der Waals surface area contributed by atoms with Crippen LogP contribution in [0.5, 0.6) is 0 Å². The van der Waals surface area contributed by atoms with E-state index in [2.05, 4.69) is 20.8 Å². The van der Waals surface area contributed by atoms with Gasteiger partial charge in [-0.05, 0) is 29.8 Å². The van der Waals surface area contributed by atoms with E-state index in [1.807, 2.05) is 30.3 Å². The molecule has 5 nitrogen and oxygen atoms in total. The summed E-state index contributed by atoms with van der Waals surface area (Å²) in [5.74, 6) is -0.320. The minimum atomic E-state index is -4.57. The number of anilines is 2. The van der Waals surface area contributed by atoms with Crippen LogP contribution in [-0.4, -0.2) is 16.1 Å². The molecule has 0 atom stereocenters. The van der Waals surface area contributed by atoms with Crippen molar-refractivity contribution in [3.8, 4) is 0 Å². The number of para-hydroxylation sites is 1. The van der Waals surface area contributed by atoms with Crippen LogP contribution in [0, 0.1) is 0 Å². The van der Waals surface area contributed by atoms with E-state index in [1.165, 1.54) is 24.3 Å². The Morgan fingerprint density at radius 3 is 2.26 bits per heavy atom. The predicted molar refractivity (Wildman–Crippen MR) is 95.2 cm³/mol. The Kier molecular flexibility index (Phi) is 5.35. The van der Waals surface area contributed by atoms with Crippen molar-refractivity contribution in [3.05, 3.63) is 83.6 Å². The molecule has 0 fully saturated rings. The number of amides is 1. The summed E-state index contributed by atoms with van der Waals surface area (Å²) in [6.45, 7) is 0.528. The molecule has 3 aromatic rings. The lowest BCUT2D eigenvalue weighted by atomic mass is 10.1. The fourth-order valence-corrected chi connectivity index (χ4v) is 2.36. The number of benzene rings is 2. The van der Waals surface area contributed by atoms with Gasteiger partial charge in [0.1, 0.15) is 5.82 Å². The molecule has 1 amide bonds. The van der Waals surface area contributed by atoms with Gasteiger partial charge in [0.2, 0.25) is 0 Å². The molecule has 0 radical (unpaired) electrons. The van der Waals surface area contributed by atoms with Crippen LogP contribution in [0.4, 0.5) is 24.7 Å². The predicted octanol–water partition coefficient (Wildman–Crippen LogP) is 4.36. The minimum absolute atomic E-state index is 0.0859. The summed E-state index contributed by atoms with van der Waals surface area (Å²) in [6, 6.07) is 17.3. The molecule has 0 spiro atoms. The number of alkyl halides is 3. The fraction of sp³-hybridized carbons (Fsp3) is 0.105. The smallest absolute Gasteiger partial charge is 0.365 e. The van der Waals surface area contributed by atoms with E-state index in [1.54, 1.807) is 6.07 Å². The van der Waals surface area contributed by atoms with Crippen LogP contribution in [0.25, 0.3) is 0 Å². The Hall–Kier alpha value is -3.42. The summed E-state index contributed by atoms with van der Waals surface area (Å²) in [6.07, 6.45) is -4.57. The first kappa shape index (κ1) is 18.4. The molecule has 3 rings (SSSR count). The van der Waals surface area contributed by atoms with Crippen LogP contribution in [0.3, 0.4) is 0 Å². The lowest BCUT2D eigenvalue weighted by molar-refractivity contribution is -0.136. The second-order valence-electron chi connectivity index (χ2n) is 5.64. The fourth-order valence-electron chi connectivity index (χ4n) is 2.36. The number of carbonyl (C=O) groups excluding carboxylic acids is 1. The monoisotopic (exact) mass is 372 g/mol. The van der Waals surface area contributed by atoms with Crippen molar-refractivity contribution < 1.29 is 18.0 Å². The van der Waals surface area contributed by atoms with E-state index >= 15 is 0 Å². The topological polar surface area (TPSA) is 66.9 Å². The molecule has 0 unspecified atom stereocenters. The lowest BCUT2D eigenvalue weighted by Crippen LogP contribution is -2.18. The van der Waals surface area contributed by atoms with Crippen LogP contribution in [0.2, 0.25) is 0 Å². The van der Waals surface area contributed by atoms with Crippen LogP contribution in [-0.2, 0) is 12.7 Å². The van der Waals surface area contributed by atoms with Gasteiger partial charge in [-0.1, -0.05) is 42.5 Å². The van der Waals surface area contributed by atoms with Crippen LogP contribution in [0.15, 0.2) is 66.7 Å². The van der Waals surface area contributed by atoms with Crippen molar-refractivity contribution in [2.75, 3.05) is 10.6 Å². The lowest BCUT2D eigenvalue weighted by Gasteiger charge is -2.13. The quantitative estimate of drug-likeness (QED) is 0.698. The van der Waals surface area contributed by atoms with Gasteiger partial charge in [0.05, 0.1) is 11.3 Å². The minimum Gasteiger partial charge on any atom is -0.365 e. The maximum atomic E-state index is 13.0. The van der Waals surface area contributed by atoms with E-state index in [-0.39, 0.29) is 11.4 Å². The SMILES string of the molecule is O=C(Nc1ccccc1C(F)(F)F)c1ccc(NCc2ccccc2)nn1. The number of carbonyl (C=O) groups is 1. The molecule has 2 aromatic carbocycles. The van der Waals surface area contributed by atoms with Crippen LogP contribution < -0.4 is 10.6 Å². The highest BCUT2D eigenvalue weighted by atomic mass is 19.4. The highest BCUT2D eigenvalue weighted by Crippen LogP contribution is 2.34. The first-order valence-corrected chi connectivity index (χ1v) is 8.02. The van der Waals surface area contributed by atoms with Crippen LogP contribution >= 0.6 is 0 Å². The molecule has 2 N–H and O–H groups in total.